The highest BCUT2D eigenvalue weighted by Gasteiger charge is 2.37. The van der Waals surface area contributed by atoms with E-state index in [1.807, 2.05) is 20.8 Å². The summed E-state index contributed by atoms with van der Waals surface area (Å²) in [6, 6.07) is -0.200. The molecule has 0 saturated carbocycles. The molecule has 0 fully saturated rings. The van der Waals surface area contributed by atoms with E-state index in [9.17, 15) is 9.59 Å². The summed E-state index contributed by atoms with van der Waals surface area (Å²) >= 11 is 0. The van der Waals surface area contributed by atoms with Gasteiger partial charge < -0.3 is 19.2 Å². The number of nitrogens with one attached hydrogen (secondary N) is 1. The summed E-state index contributed by atoms with van der Waals surface area (Å²) in [5, 5.41) is 2.97. The number of carbonyl (C=O) groups is 2. The van der Waals surface area contributed by atoms with Crippen LogP contribution in [0.1, 0.15) is 60.8 Å². The van der Waals surface area contributed by atoms with Crippen molar-refractivity contribution in [2.24, 2.45) is 0 Å². The van der Waals surface area contributed by atoms with Gasteiger partial charge in [0.25, 0.3) is 0 Å². The minimum atomic E-state index is -1.92. The molecule has 148 valence electrons. The fourth-order valence-electron chi connectivity index (χ4n) is 1.79. The molecule has 0 aliphatic rings. The second-order valence-corrected chi connectivity index (χ2v) is 13.7. The van der Waals surface area contributed by atoms with Gasteiger partial charge in [-0.2, -0.15) is 0 Å². The van der Waals surface area contributed by atoms with Crippen molar-refractivity contribution in [3.63, 3.8) is 0 Å². The highest BCUT2D eigenvalue weighted by atomic mass is 28.4. The molecule has 1 amide bonds. The van der Waals surface area contributed by atoms with Gasteiger partial charge in [-0.05, 0) is 51.7 Å². The van der Waals surface area contributed by atoms with E-state index in [0.717, 1.165) is 0 Å². The quantitative estimate of drug-likeness (QED) is 0.507. The monoisotopic (exact) mass is 375 g/mol. The van der Waals surface area contributed by atoms with Crippen LogP contribution in [0.4, 0.5) is 4.79 Å². The second kappa shape index (κ2) is 9.57. The lowest BCUT2D eigenvalue weighted by Gasteiger charge is -2.37. The van der Waals surface area contributed by atoms with Gasteiger partial charge in [0.2, 0.25) is 0 Å². The maximum Gasteiger partial charge on any atom is 0.407 e. The fourth-order valence-corrected chi connectivity index (χ4v) is 2.84. The molecule has 0 bridgehead atoms. The Hall–Kier alpha value is -1.08. The number of carbonyl (C=O) groups excluding carboxylic acids is 2. The van der Waals surface area contributed by atoms with E-state index >= 15 is 0 Å². The molecule has 1 N–H and O–H groups in total. The van der Waals surface area contributed by atoms with Gasteiger partial charge >= 0.3 is 12.1 Å². The smallest absolute Gasteiger partial charge is 0.407 e. The molecular weight excluding hydrogens is 338 g/mol. The first-order valence-corrected chi connectivity index (χ1v) is 11.8. The molecule has 0 spiro atoms. The van der Waals surface area contributed by atoms with Crippen LogP contribution in [0.2, 0.25) is 18.1 Å². The minimum absolute atomic E-state index is 0.0927. The zero-order valence-corrected chi connectivity index (χ0v) is 18.4. The fraction of sp³-hybridized carbons (Fsp3) is 0.889. The van der Waals surface area contributed by atoms with Crippen LogP contribution in [0.3, 0.4) is 0 Å². The van der Waals surface area contributed by atoms with E-state index in [-0.39, 0.29) is 17.0 Å². The predicted octanol–water partition coefficient (Wildman–Crippen LogP) is 4.24. The first kappa shape index (κ1) is 23.9. The number of hydrogen-bond acceptors (Lipinski definition) is 5. The minimum Gasteiger partial charge on any atom is -0.469 e. The number of amides is 1. The van der Waals surface area contributed by atoms with Crippen molar-refractivity contribution in [2.45, 2.75) is 90.6 Å². The second-order valence-electron chi connectivity index (χ2n) is 8.88. The zero-order valence-electron chi connectivity index (χ0n) is 17.4. The van der Waals surface area contributed by atoms with E-state index in [1.165, 1.54) is 7.11 Å². The average molecular weight is 376 g/mol. The van der Waals surface area contributed by atoms with Crippen molar-refractivity contribution in [2.75, 3.05) is 13.7 Å². The van der Waals surface area contributed by atoms with Gasteiger partial charge in [0.15, 0.2) is 8.32 Å². The average Bonchev–Trinajstić information content (AvgIpc) is 2.41. The van der Waals surface area contributed by atoms with Crippen LogP contribution < -0.4 is 5.32 Å². The Bertz CT molecular complexity index is 438. The topological polar surface area (TPSA) is 73.9 Å². The maximum absolute atomic E-state index is 12.1. The van der Waals surface area contributed by atoms with Crippen molar-refractivity contribution in [1.82, 2.24) is 5.32 Å². The molecule has 0 aliphatic heterocycles. The first-order valence-electron chi connectivity index (χ1n) is 8.88. The molecule has 0 saturated heterocycles. The Kier molecular flexibility index (Phi) is 9.15. The highest BCUT2D eigenvalue weighted by Crippen LogP contribution is 2.36. The summed E-state index contributed by atoms with van der Waals surface area (Å²) < 4.78 is 16.2. The third-order valence-corrected chi connectivity index (χ3v) is 8.83. The van der Waals surface area contributed by atoms with Crippen LogP contribution in [-0.4, -0.2) is 45.7 Å². The van der Waals surface area contributed by atoms with Gasteiger partial charge in [0.05, 0.1) is 19.8 Å². The highest BCUT2D eigenvalue weighted by molar-refractivity contribution is 6.74. The van der Waals surface area contributed by atoms with Gasteiger partial charge in [-0.25, -0.2) is 4.79 Å². The molecule has 0 rings (SSSR count). The molecule has 0 aromatic heterocycles. The van der Waals surface area contributed by atoms with Crippen molar-refractivity contribution < 1.29 is 23.5 Å². The Labute approximate surface area is 154 Å². The maximum atomic E-state index is 12.1. The Morgan fingerprint density at radius 1 is 1.08 bits per heavy atom. The Morgan fingerprint density at radius 2 is 1.64 bits per heavy atom. The molecule has 1 unspecified atom stereocenters. The standard InChI is InChI=1S/C18H37NO5Si/c1-17(2,3)24-16(21)19-14(11-10-12-15(20)22-7)13-23-25(8,9)18(4,5)6/h14H,10-13H2,1-9H3,(H,19,21). The number of hydrogen-bond donors (Lipinski definition) is 1. The molecule has 0 aliphatic carbocycles. The largest absolute Gasteiger partial charge is 0.469 e. The molecule has 7 heteroatoms. The number of methoxy groups -OCH3 is 1. The molecule has 0 aromatic rings. The van der Waals surface area contributed by atoms with Crippen LogP contribution in [-0.2, 0) is 18.7 Å². The van der Waals surface area contributed by atoms with E-state index in [1.54, 1.807) is 0 Å². The van der Waals surface area contributed by atoms with Crippen molar-refractivity contribution in [3.05, 3.63) is 0 Å². The van der Waals surface area contributed by atoms with Gasteiger partial charge in [-0.3, -0.25) is 4.79 Å². The van der Waals surface area contributed by atoms with Crippen LogP contribution in [0.15, 0.2) is 0 Å². The van der Waals surface area contributed by atoms with E-state index in [0.29, 0.717) is 25.9 Å². The van der Waals surface area contributed by atoms with E-state index in [2.05, 4.69) is 43.9 Å². The Balaban J connectivity index is 4.77. The normalized spacial score (nSPS) is 14.0. The third kappa shape index (κ3) is 10.5. The van der Waals surface area contributed by atoms with Gasteiger partial charge in [-0.1, -0.05) is 20.8 Å². The lowest BCUT2D eigenvalue weighted by Crippen LogP contribution is -2.47. The molecule has 0 heterocycles. The zero-order chi connectivity index (χ0) is 19.9. The summed E-state index contributed by atoms with van der Waals surface area (Å²) in [7, 11) is -0.543. The summed E-state index contributed by atoms with van der Waals surface area (Å²) in [5.74, 6) is -0.249. The summed E-state index contributed by atoms with van der Waals surface area (Å²) in [4.78, 5) is 23.4. The van der Waals surface area contributed by atoms with Crippen molar-refractivity contribution >= 4 is 20.4 Å². The summed E-state index contributed by atoms with van der Waals surface area (Å²) in [6.45, 7) is 16.8. The Morgan fingerprint density at radius 3 is 2.08 bits per heavy atom. The van der Waals surface area contributed by atoms with Crippen LogP contribution in [0.25, 0.3) is 0 Å². The number of alkyl carbamates (subject to hydrolysis) is 1. The predicted molar refractivity (Wildman–Crippen MR) is 102 cm³/mol. The van der Waals surface area contributed by atoms with Gasteiger partial charge in [0, 0.05) is 6.42 Å². The van der Waals surface area contributed by atoms with Crippen LogP contribution in [0.5, 0.6) is 0 Å². The summed E-state index contributed by atoms with van der Waals surface area (Å²) in [6.07, 6.45) is 1.11. The molecule has 25 heavy (non-hydrogen) atoms. The number of rotatable bonds is 8. The number of ether oxygens (including phenoxy) is 2. The van der Waals surface area contributed by atoms with E-state index < -0.39 is 20.0 Å². The van der Waals surface area contributed by atoms with Gasteiger partial charge in [0.1, 0.15) is 5.60 Å². The van der Waals surface area contributed by atoms with Crippen LogP contribution >= 0.6 is 0 Å². The molecule has 1 atom stereocenters. The molecule has 0 radical (unpaired) electrons. The lowest BCUT2D eigenvalue weighted by molar-refractivity contribution is -0.140. The third-order valence-electron chi connectivity index (χ3n) is 4.33. The van der Waals surface area contributed by atoms with E-state index in [4.69, 9.17) is 9.16 Å². The van der Waals surface area contributed by atoms with Crippen molar-refractivity contribution in [3.8, 4) is 0 Å². The number of esters is 1. The van der Waals surface area contributed by atoms with Crippen LogP contribution in [0, 0.1) is 0 Å². The SMILES string of the molecule is COC(=O)CCCC(CO[Si](C)(C)C(C)(C)C)NC(=O)OC(C)(C)C. The molecular formula is C18H37NO5Si. The summed E-state index contributed by atoms with van der Waals surface area (Å²) in [5.41, 5.74) is -0.555. The van der Waals surface area contributed by atoms with Crippen molar-refractivity contribution in [1.29, 1.82) is 0 Å². The van der Waals surface area contributed by atoms with Gasteiger partial charge in [-0.15, -0.1) is 0 Å². The molecule has 6 nitrogen and oxygen atoms in total. The molecule has 0 aromatic carbocycles. The lowest BCUT2D eigenvalue weighted by atomic mass is 10.1. The first-order chi connectivity index (χ1) is 11.2.